The van der Waals surface area contributed by atoms with E-state index in [1.54, 1.807) is 30.3 Å². The summed E-state index contributed by atoms with van der Waals surface area (Å²) in [5, 5.41) is 9.73. The number of carboxylic acid groups (broad SMARTS) is 1. The van der Waals surface area contributed by atoms with Gasteiger partial charge in [-0.25, -0.2) is 4.79 Å². The minimum Gasteiger partial charge on any atom is -0.489 e. The third-order valence-corrected chi connectivity index (χ3v) is 3.36. The van der Waals surface area contributed by atoms with E-state index < -0.39 is 5.97 Å². The van der Waals surface area contributed by atoms with E-state index in [1.165, 1.54) is 6.08 Å². The smallest absolute Gasteiger partial charge is 0.328 e. The van der Waals surface area contributed by atoms with E-state index in [1.807, 2.05) is 12.1 Å². The van der Waals surface area contributed by atoms with Gasteiger partial charge in [-0.3, -0.25) is 0 Å². The molecule has 0 aromatic heterocycles. The number of carboxylic acids is 1. The molecule has 0 amide bonds. The number of hydrogen-bond donors (Lipinski definition) is 1. The van der Waals surface area contributed by atoms with Gasteiger partial charge in [0.1, 0.15) is 24.7 Å². The first-order chi connectivity index (χ1) is 11.1. The molecule has 0 heterocycles. The van der Waals surface area contributed by atoms with Crippen LogP contribution < -0.4 is 9.47 Å². The number of ether oxygens (including phenoxy) is 2. The van der Waals surface area contributed by atoms with Crippen molar-refractivity contribution < 1.29 is 19.4 Å². The van der Waals surface area contributed by atoms with E-state index in [0.717, 1.165) is 6.08 Å². The molecule has 23 heavy (non-hydrogen) atoms. The zero-order chi connectivity index (χ0) is 16.7. The molecule has 0 fully saturated rings. The zero-order valence-electron chi connectivity index (χ0n) is 12.0. The van der Waals surface area contributed by atoms with E-state index in [9.17, 15) is 4.79 Å². The van der Waals surface area contributed by atoms with Crippen molar-refractivity contribution in [3.63, 3.8) is 0 Å². The van der Waals surface area contributed by atoms with Crippen LogP contribution in [0.5, 0.6) is 11.5 Å². The van der Waals surface area contributed by atoms with Gasteiger partial charge in [0, 0.05) is 16.7 Å². The maximum atomic E-state index is 10.6. The van der Waals surface area contributed by atoms with Crippen molar-refractivity contribution >= 4 is 35.2 Å². The van der Waals surface area contributed by atoms with E-state index >= 15 is 0 Å². The summed E-state index contributed by atoms with van der Waals surface area (Å²) in [6, 6.07) is 12.1. The molecule has 2 rings (SSSR count). The van der Waals surface area contributed by atoms with Crippen LogP contribution in [0.2, 0.25) is 10.0 Å². The normalized spacial score (nSPS) is 10.7. The lowest BCUT2D eigenvalue weighted by Crippen LogP contribution is -2.09. The van der Waals surface area contributed by atoms with Gasteiger partial charge >= 0.3 is 5.97 Å². The fourth-order valence-corrected chi connectivity index (χ4v) is 2.18. The van der Waals surface area contributed by atoms with Crippen molar-refractivity contribution in [3.8, 4) is 11.5 Å². The Labute approximate surface area is 143 Å². The average Bonchev–Trinajstić information content (AvgIpc) is 2.52. The van der Waals surface area contributed by atoms with Crippen molar-refractivity contribution in [2.75, 3.05) is 13.2 Å². The molecule has 0 spiro atoms. The monoisotopic (exact) mass is 352 g/mol. The summed E-state index contributed by atoms with van der Waals surface area (Å²) in [4.78, 5) is 10.6. The number of aliphatic carboxylic acids is 1. The van der Waals surface area contributed by atoms with E-state index in [4.69, 9.17) is 37.8 Å². The van der Waals surface area contributed by atoms with Gasteiger partial charge in [-0.2, -0.15) is 0 Å². The fraction of sp³-hybridized carbons (Fsp3) is 0.118. The molecule has 0 atom stereocenters. The molecule has 0 aliphatic heterocycles. The Morgan fingerprint density at radius 2 is 1.74 bits per heavy atom. The molecule has 2 aromatic carbocycles. The van der Waals surface area contributed by atoms with Gasteiger partial charge in [0.15, 0.2) is 0 Å². The number of benzene rings is 2. The van der Waals surface area contributed by atoms with Crippen LogP contribution in [0, 0.1) is 0 Å². The van der Waals surface area contributed by atoms with Gasteiger partial charge in [0.2, 0.25) is 0 Å². The second kappa shape index (κ2) is 8.46. The van der Waals surface area contributed by atoms with Crippen molar-refractivity contribution in [2.24, 2.45) is 0 Å². The summed E-state index contributed by atoms with van der Waals surface area (Å²) in [7, 11) is 0. The van der Waals surface area contributed by atoms with Crippen LogP contribution >= 0.6 is 23.2 Å². The van der Waals surface area contributed by atoms with Crippen molar-refractivity contribution in [2.45, 2.75) is 0 Å². The summed E-state index contributed by atoms with van der Waals surface area (Å²) >= 11 is 11.9. The second-order valence-corrected chi connectivity index (χ2v) is 5.32. The third-order valence-electron chi connectivity index (χ3n) is 2.81. The minimum atomic E-state index is -1.04. The molecule has 0 saturated heterocycles. The first kappa shape index (κ1) is 17.2. The Morgan fingerprint density at radius 3 is 2.43 bits per heavy atom. The molecule has 0 aliphatic rings. The van der Waals surface area contributed by atoms with Gasteiger partial charge in [-0.1, -0.05) is 35.3 Å². The van der Waals surface area contributed by atoms with Crippen LogP contribution in [0.15, 0.2) is 48.5 Å². The minimum absolute atomic E-state index is 0.279. The summed E-state index contributed by atoms with van der Waals surface area (Å²) in [5.74, 6) is 0.0625. The van der Waals surface area contributed by atoms with Gasteiger partial charge < -0.3 is 14.6 Å². The second-order valence-electron chi connectivity index (χ2n) is 4.48. The van der Waals surface area contributed by atoms with Crippen LogP contribution in [0.4, 0.5) is 0 Å². The Morgan fingerprint density at radius 1 is 1.04 bits per heavy atom. The molecule has 0 unspecified atom stereocenters. The Bertz CT molecular complexity index is 713. The molecule has 0 aliphatic carbocycles. The molecule has 6 heteroatoms. The standard InChI is InChI=1S/C17H14Cl2O4/c18-13-6-7-15(12(11-13)5-8-17(20)21)22-9-10-23-16-4-2-1-3-14(16)19/h1-8,11H,9-10H2,(H,20,21). The summed E-state index contributed by atoms with van der Waals surface area (Å²) in [6.45, 7) is 0.579. The van der Waals surface area contributed by atoms with E-state index in [-0.39, 0.29) is 6.61 Å². The molecule has 0 saturated carbocycles. The molecule has 0 radical (unpaired) electrons. The van der Waals surface area contributed by atoms with Crippen LogP contribution in [0.1, 0.15) is 5.56 Å². The third kappa shape index (κ3) is 5.51. The van der Waals surface area contributed by atoms with Crippen molar-refractivity contribution in [3.05, 3.63) is 64.1 Å². The highest BCUT2D eigenvalue weighted by atomic mass is 35.5. The van der Waals surface area contributed by atoms with Crippen LogP contribution in [-0.2, 0) is 4.79 Å². The summed E-state index contributed by atoms with van der Waals surface area (Å²) < 4.78 is 11.1. The summed E-state index contributed by atoms with van der Waals surface area (Å²) in [5.41, 5.74) is 0.581. The first-order valence-corrected chi connectivity index (χ1v) is 7.52. The van der Waals surface area contributed by atoms with Crippen LogP contribution in [0.3, 0.4) is 0 Å². The molecule has 1 N–H and O–H groups in total. The van der Waals surface area contributed by atoms with Gasteiger partial charge in [-0.05, 0) is 36.4 Å². The SMILES string of the molecule is O=C(O)C=Cc1cc(Cl)ccc1OCCOc1ccccc1Cl. The number of rotatable bonds is 7. The molecular weight excluding hydrogens is 339 g/mol. The largest absolute Gasteiger partial charge is 0.489 e. The molecule has 120 valence electrons. The maximum absolute atomic E-state index is 10.6. The highest BCUT2D eigenvalue weighted by Gasteiger charge is 2.04. The lowest BCUT2D eigenvalue weighted by Gasteiger charge is -2.11. The van der Waals surface area contributed by atoms with Gasteiger partial charge in [-0.15, -0.1) is 0 Å². The number of para-hydroxylation sites is 1. The van der Waals surface area contributed by atoms with Crippen molar-refractivity contribution in [1.82, 2.24) is 0 Å². The Balaban J connectivity index is 1.95. The van der Waals surface area contributed by atoms with E-state index in [0.29, 0.717) is 33.7 Å². The predicted octanol–water partition coefficient (Wildman–Crippen LogP) is 4.55. The number of carbonyl (C=O) groups is 1. The highest BCUT2D eigenvalue weighted by molar-refractivity contribution is 6.32. The van der Waals surface area contributed by atoms with E-state index in [2.05, 4.69) is 0 Å². The molecule has 2 aromatic rings. The molecule has 4 nitrogen and oxygen atoms in total. The first-order valence-electron chi connectivity index (χ1n) is 6.77. The lowest BCUT2D eigenvalue weighted by molar-refractivity contribution is -0.131. The number of halogens is 2. The average molecular weight is 353 g/mol. The van der Waals surface area contributed by atoms with Gasteiger partial charge in [0.25, 0.3) is 0 Å². The quantitative estimate of drug-likeness (QED) is 0.586. The van der Waals surface area contributed by atoms with Crippen LogP contribution in [0.25, 0.3) is 6.08 Å². The fourth-order valence-electron chi connectivity index (χ4n) is 1.81. The number of hydrogen-bond acceptors (Lipinski definition) is 3. The lowest BCUT2D eigenvalue weighted by atomic mass is 10.2. The highest BCUT2D eigenvalue weighted by Crippen LogP contribution is 2.25. The maximum Gasteiger partial charge on any atom is 0.328 e. The Hall–Kier alpha value is -2.17. The predicted molar refractivity (Wildman–Crippen MR) is 90.6 cm³/mol. The van der Waals surface area contributed by atoms with Crippen molar-refractivity contribution in [1.29, 1.82) is 0 Å². The van der Waals surface area contributed by atoms with Crippen LogP contribution in [-0.4, -0.2) is 24.3 Å². The molecular formula is C17H14Cl2O4. The topological polar surface area (TPSA) is 55.8 Å². The van der Waals surface area contributed by atoms with Gasteiger partial charge in [0.05, 0.1) is 5.02 Å². The molecule has 0 bridgehead atoms. The Kier molecular flexibility index (Phi) is 6.32. The summed E-state index contributed by atoms with van der Waals surface area (Å²) in [6.07, 6.45) is 2.46. The zero-order valence-corrected chi connectivity index (χ0v) is 13.6.